The van der Waals surface area contributed by atoms with E-state index in [0.29, 0.717) is 18.1 Å². The number of pyridine rings is 1. The van der Waals surface area contributed by atoms with Crippen molar-refractivity contribution in [1.82, 2.24) is 13.9 Å². The number of aromatic nitrogens is 2. The van der Waals surface area contributed by atoms with Gasteiger partial charge in [-0.25, -0.2) is 13.4 Å². The van der Waals surface area contributed by atoms with Gasteiger partial charge in [-0.15, -0.1) is 11.3 Å². The van der Waals surface area contributed by atoms with Crippen molar-refractivity contribution in [2.24, 2.45) is 0 Å². The Balaban J connectivity index is 1.41. The standard InChI is InChI=1S/C22H25N3O3S3/c1-16-12-20(17(2)25(16)14-18-6-5-11-29-18)21(26)15-30-22-8-7-19(13-23-22)31(27,28)24-9-3-4-10-24/h5-8,11-13H,3-4,9-10,14-15H2,1-2H3. The lowest BCUT2D eigenvalue weighted by atomic mass is 10.2. The minimum absolute atomic E-state index is 0.0473. The van der Waals surface area contributed by atoms with Crippen LogP contribution in [-0.4, -0.2) is 46.9 Å². The van der Waals surface area contributed by atoms with Gasteiger partial charge in [-0.1, -0.05) is 17.8 Å². The van der Waals surface area contributed by atoms with Crippen LogP contribution in [0, 0.1) is 13.8 Å². The highest BCUT2D eigenvalue weighted by atomic mass is 32.2. The van der Waals surface area contributed by atoms with Crippen LogP contribution in [0.5, 0.6) is 0 Å². The van der Waals surface area contributed by atoms with Crippen molar-refractivity contribution < 1.29 is 13.2 Å². The molecule has 3 aromatic rings. The van der Waals surface area contributed by atoms with Crippen LogP contribution in [0.25, 0.3) is 0 Å². The number of rotatable bonds is 8. The Labute approximate surface area is 191 Å². The summed E-state index contributed by atoms with van der Waals surface area (Å²) in [5.74, 6) is 0.306. The first kappa shape index (κ1) is 22.3. The summed E-state index contributed by atoms with van der Waals surface area (Å²) in [5, 5.41) is 2.70. The Morgan fingerprint density at radius 3 is 2.61 bits per heavy atom. The Bertz CT molecular complexity index is 1160. The van der Waals surface area contributed by atoms with Gasteiger partial charge in [0.25, 0.3) is 0 Å². The number of thiophene rings is 1. The zero-order chi connectivity index (χ0) is 22.0. The van der Waals surface area contributed by atoms with E-state index in [2.05, 4.69) is 21.0 Å². The van der Waals surface area contributed by atoms with Gasteiger partial charge in [0.1, 0.15) is 4.90 Å². The molecule has 164 valence electrons. The Morgan fingerprint density at radius 2 is 1.97 bits per heavy atom. The van der Waals surface area contributed by atoms with E-state index < -0.39 is 10.0 Å². The van der Waals surface area contributed by atoms with Crippen molar-refractivity contribution in [2.75, 3.05) is 18.8 Å². The maximum absolute atomic E-state index is 12.8. The first-order valence-electron chi connectivity index (χ1n) is 10.2. The molecular weight excluding hydrogens is 450 g/mol. The summed E-state index contributed by atoms with van der Waals surface area (Å²) in [4.78, 5) is 18.6. The van der Waals surface area contributed by atoms with Crippen LogP contribution in [0.3, 0.4) is 0 Å². The largest absolute Gasteiger partial charge is 0.343 e. The maximum Gasteiger partial charge on any atom is 0.244 e. The maximum atomic E-state index is 12.8. The first-order chi connectivity index (χ1) is 14.9. The highest BCUT2D eigenvalue weighted by Gasteiger charge is 2.27. The number of hydrogen-bond acceptors (Lipinski definition) is 6. The number of thioether (sulfide) groups is 1. The molecule has 0 radical (unpaired) electrons. The minimum Gasteiger partial charge on any atom is -0.343 e. The first-order valence-corrected chi connectivity index (χ1v) is 13.5. The van der Waals surface area contributed by atoms with E-state index in [1.807, 2.05) is 26.0 Å². The molecule has 0 aliphatic carbocycles. The second-order valence-corrected chi connectivity index (χ2v) is 11.6. The number of ketones is 1. The number of hydrogen-bond donors (Lipinski definition) is 0. The molecule has 1 aliphatic heterocycles. The van der Waals surface area contributed by atoms with Crippen LogP contribution < -0.4 is 0 Å². The molecule has 3 aromatic heterocycles. The van der Waals surface area contributed by atoms with E-state index in [4.69, 9.17) is 0 Å². The van der Waals surface area contributed by atoms with Crippen molar-refractivity contribution in [3.8, 4) is 0 Å². The molecule has 0 spiro atoms. The average Bonchev–Trinajstić information content (AvgIpc) is 3.52. The van der Waals surface area contributed by atoms with E-state index in [9.17, 15) is 13.2 Å². The van der Waals surface area contributed by atoms with Gasteiger partial charge in [-0.2, -0.15) is 4.31 Å². The average molecular weight is 476 g/mol. The normalized spacial score (nSPS) is 14.9. The van der Waals surface area contributed by atoms with Crippen molar-refractivity contribution in [3.05, 3.63) is 63.7 Å². The summed E-state index contributed by atoms with van der Waals surface area (Å²) < 4.78 is 28.9. The summed E-state index contributed by atoms with van der Waals surface area (Å²) in [7, 11) is -3.47. The highest BCUT2D eigenvalue weighted by Crippen LogP contribution is 2.25. The molecule has 4 rings (SSSR count). The number of nitrogens with zero attached hydrogens (tertiary/aromatic N) is 3. The van der Waals surface area contributed by atoms with Crippen molar-refractivity contribution in [3.63, 3.8) is 0 Å². The van der Waals surface area contributed by atoms with E-state index in [1.54, 1.807) is 23.5 Å². The van der Waals surface area contributed by atoms with E-state index in [0.717, 1.165) is 36.3 Å². The molecule has 0 bridgehead atoms. The van der Waals surface area contributed by atoms with Gasteiger partial charge in [0.05, 0.1) is 17.3 Å². The number of Topliss-reactive ketones (excluding diaryl/α,β-unsaturated/α-hetero) is 1. The molecule has 0 atom stereocenters. The number of aryl methyl sites for hydroxylation is 1. The van der Waals surface area contributed by atoms with E-state index in [1.165, 1.54) is 27.1 Å². The molecule has 0 amide bonds. The third kappa shape index (κ3) is 4.79. The molecule has 4 heterocycles. The third-order valence-electron chi connectivity index (χ3n) is 5.53. The van der Waals surface area contributed by atoms with Gasteiger partial charge in [0.2, 0.25) is 10.0 Å². The van der Waals surface area contributed by atoms with Gasteiger partial charge >= 0.3 is 0 Å². The predicted octanol–water partition coefficient (Wildman–Crippen LogP) is 4.37. The van der Waals surface area contributed by atoms with Crippen molar-refractivity contribution in [2.45, 2.75) is 43.2 Å². The molecule has 1 aliphatic rings. The van der Waals surface area contributed by atoms with E-state index >= 15 is 0 Å². The summed E-state index contributed by atoms with van der Waals surface area (Å²) in [6, 6.07) is 9.35. The van der Waals surface area contributed by atoms with Crippen molar-refractivity contribution >= 4 is 38.9 Å². The minimum atomic E-state index is -3.47. The summed E-state index contributed by atoms with van der Waals surface area (Å²) >= 11 is 3.03. The van der Waals surface area contributed by atoms with Crippen LogP contribution in [0.1, 0.15) is 39.5 Å². The third-order valence-corrected chi connectivity index (χ3v) is 9.22. The molecule has 1 fully saturated rings. The monoisotopic (exact) mass is 475 g/mol. The molecular formula is C22H25N3O3S3. The SMILES string of the molecule is Cc1cc(C(=O)CSc2ccc(S(=O)(=O)N3CCCC3)cn2)c(C)n1Cc1cccs1. The fourth-order valence-electron chi connectivity index (χ4n) is 3.78. The van der Waals surface area contributed by atoms with Gasteiger partial charge in [-0.05, 0) is 56.3 Å². The molecule has 31 heavy (non-hydrogen) atoms. The zero-order valence-electron chi connectivity index (χ0n) is 17.6. The van der Waals surface area contributed by atoms with Crippen LogP contribution in [-0.2, 0) is 16.6 Å². The van der Waals surface area contributed by atoms with Crippen LogP contribution in [0.15, 0.2) is 51.8 Å². The molecule has 0 aromatic carbocycles. The lowest BCUT2D eigenvalue weighted by molar-refractivity contribution is 0.102. The highest BCUT2D eigenvalue weighted by molar-refractivity contribution is 7.99. The van der Waals surface area contributed by atoms with Crippen molar-refractivity contribution in [1.29, 1.82) is 0 Å². The summed E-state index contributed by atoms with van der Waals surface area (Å²) in [5.41, 5.74) is 2.76. The quantitative estimate of drug-likeness (QED) is 0.357. The Hall–Kier alpha value is -1.94. The Morgan fingerprint density at radius 1 is 1.19 bits per heavy atom. The smallest absolute Gasteiger partial charge is 0.244 e. The fraction of sp³-hybridized carbons (Fsp3) is 0.364. The molecule has 6 nitrogen and oxygen atoms in total. The lowest BCUT2D eigenvalue weighted by Crippen LogP contribution is -2.27. The molecule has 9 heteroatoms. The topological polar surface area (TPSA) is 72.3 Å². The lowest BCUT2D eigenvalue weighted by Gasteiger charge is -2.15. The van der Waals surface area contributed by atoms with Crippen LogP contribution in [0.4, 0.5) is 0 Å². The number of carbonyl (C=O) groups excluding carboxylic acids is 1. The second-order valence-electron chi connectivity index (χ2n) is 7.61. The van der Waals surface area contributed by atoms with Gasteiger partial charge in [-0.3, -0.25) is 4.79 Å². The molecule has 0 unspecified atom stereocenters. The van der Waals surface area contributed by atoms with Crippen LogP contribution in [0.2, 0.25) is 0 Å². The molecule has 1 saturated heterocycles. The number of sulfonamides is 1. The fourth-order valence-corrected chi connectivity index (χ4v) is 6.67. The molecule has 0 N–H and O–H groups in total. The summed E-state index contributed by atoms with van der Waals surface area (Å²) in [6.07, 6.45) is 3.20. The Kier molecular flexibility index (Phi) is 6.66. The second kappa shape index (κ2) is 9.28. The summed E-state index contributed by atoms with van der Waals surface area (Å²) in [6.45, 7) is 5.90. The van der Waals surface area contributed by atoms with Gasteiger partial charge in [0, 0.05) is 41.1 Å². The zero-order valence-corrected chi connectivity index (χ0v) is 20.0. The number of carbonyl (C=O) groups is 1. The van der Waals surface area contributed by atoms with Gasteiger partial charge in [0.15, 0.2) is 5.78 Å². The van der Waals surface area contributed by atoms with E-state index in [-0.39, 0.29) is 16.4 Å². The van der Waals surface area contributed by atoms with Gasteiger partial charge < -0.3 is 4.57 Å². The van der Waals surface area contributed by atoms with Crippen LogP contribution >= 0.6 is 23.1 Å². The predicted molar refractivity (Wildman–Crippen MR) is 125 cm³/mol. The molecule has 0 saturated carbocycles.